The van der Waals surface area contributed by atoms with Crippen LogP contribution in [0.3, 0.4) is 0 Å². The molecule has 7 N–H and O–H groups in total. The molecule has 0 saturated carbocycles. The van der Waals surface area contributed by atoms with Gasteiger partial charge in [0.25, 0.3) is 0 Å². The lowest BCUT2D eigenvalue weighted by atomic mass is 9.98. The van der Waals surface area contributed by atoms with Crippen molar-refractivity contribution in [3.8, 4) is 0 Å². The number of aliphatic hydroxyl groups is 7. The van der Waals surface area contributed by atoms with Crippen LogP contribution in [0.1, 0.15) is 162 Å². The first-order valence-corrected chi connectivity index (χ1v) is 24.1. The number of hydrogen-bond donors (Lipinski definition) is 7. The zero-order chi connectivity index (χ0) is 45.2. The molecular weight excluding hydrogens is 801 g/mol. The van der Waals surface area contributed by atoms with Gasteiger partial charge in [-0.05, 0) is 44.9 Å². The van der Waals surface area contributed by atoms with Gasteiger partial charge in [0, 0.05) is 13.0 Å². The molecule has 14 nitrogen and oxygen atoms in total. The van der Waals surface area contributed by atoms with Crippen LogP contribution in [0.2, 0.25) is 0 Å². The number of ether oxygens (including phenoxy) is 6. The van der Waals surface area contributed by atoms with Crippen LogP contribution in [0.4, 0.5) is 0 Å². The maximum atomic E-state index is 13.0. The fraction of sp³-hybridized carbons (Fsp3) is 0.854. The van der Waals surface area contributed by atoms with E-state index < -0.39 is 80.7 Å². The predicted octanol–water partition coefficient (Wildman–Crippen LogP) is 6.24. The molecule has 0 bridgehead atoms. The second kappa shape index (κ2) is 36.4. The number of carbonyl (C=O) groups is 1. The average Bonchev–Trinajstić information content (AvgIpc) is 3.27. The van der Waals surface area contributed by atoms with Gasteiger partial charge in [-0.3, -0.25) is 4.79 Å². The Balaban J connectivity index is 1.81. The summed E-state index contributed by atoms with van der Waals surface area (Å²) >= 11 is 0. The standard InChI is InChI=1S/C48H86O14/c1-3-5-7-9-11-13-15-17-19-21-23-25-27-29-31-40(50)60-37(34-57-32-30-28-26-24-22-20-18-16-14-12-10-8-6-4-2)35-58-47-46(56)44(54)42(52)39(62-47)36-59-48-45(55)43(53)41(51)38(33-49)61-48/h6,8,12,14,18,20,37-39,41-49,51-56H,3-5,7,9-11,13,15-17,19,21-36H2,1-2H3/b8-6-,14-12-,20-18-. The summed E-state index contributed by atoms with van der Waals surface area (Å²) < 4.78 is 34.2. The molecule has 2 fully saturated rings. The van der Waals surface area contributed by atoms with Gasteiger partial charge in [-0.25, -0.2) is 0 Å². The predicted molar refractivity (Wildman–Crippen MR) is 238 cm³/mol. The average molecular weight is 887 g/mol. The molecule has 2 aliphatic rings. The van der Waals surface area contributed by atoms with E-state index in [0.29, 0.717) is 13.0 Å². The molecular formula is C48H86O14. The number of esters is 1. The van der Waals surface area contributed by atoms with Gasteiger partial charge < -0.3 is 64.2 Å². The van der Waals surface area contributed by atoms with Crippen molar-refractivity contribution in [2.24, 2.45) is 0 Å². The quantitative estimate of drug-likeness (QED) is 0.0209. The highest BCUT2D eigenvalue weighted by molar-refractivity contribution is 5.69. The minimum atomic E-state index is -1.71. The molecule has 0 amide bonds. The molecule has 0 aromatic rings. The van der Waals surface area contributed by atoms with E-state index in [9.17, 15) is 40.5 Å². The minimum Gasteiger partial charge on any atom is -0.457 e. The Morgan fingerprint density at radius 2 is 1.05 bits per heavy atom. The summed E-state index contributed by atoms with van der Waals surface area (Å²) in [5.41, 5.74) is 0. The zero-order valence-electron chi connectivity index (χ0n) is 38.1. The second-order valence-electron chi connectivity index (χ2n) is 16.9. The molecule has 0 radical (unpaired) electrons. The summed E-state index contributed by atoms with van der Waals surface area (Å²) in [5.74, 6) is -0.385. The maximum absolute atomic E-state index is 13.0. The smallest absolute Gasteiger partial charge is 0.306 e. The van der Waals surface area contributed by atoms with Crippen LogP contribution in [-0.4, -0.2) is 142 Å². The summed E-state index contributed by atoms with van der Waals surface area (Å²) in [7, 11) is 0. The van der Waals surface area contributed by atoms with Crippen molar-refractivity contribution >= 4 is 5.97 Å². The van der Waals surface area contributed by atoms with Gasteiger partial charge in [-0.15, -0.1) is 0 Å². The molecule has 2 saturated heterocycles. The van der Waals surface area contributed by atoms with Gasteiger partial charge in [-0.1, -0.05) is 147 Å². The zero-order valence-corrected chi connectivity index (χ0v) is 38.1. The van der Waals surface area contributed by atoms with Crippen LogP contribution in [0.15, 0.2) is 36.5 Å². The van der Waals surface area contributed by atoms with Gasteiger partial charge >= 0.3 is 5.97 Å². The molecule has 0 aromatic carbocycles. The molecule has 2 rings (SSSR count). The summed E-state index contributed by atoms with van der Waals surface area (Å²) in [5, 5.41) is 72.0. The summed E-state index contributed by atoms with van der Waals surface area (Å²) in [6.45, 7) is 3.51. The first-order valence-electron chi connectivity index (χ1n) is 24.1. The molecule has 14 heteroatoms. The fourth-order valence-corrected chi connectivity index (χ4v) is 7.47. The number of aliphatic hydroxyl groups excluding tert-OH is 7. The highest BCUT2D eigenvalue weighted by Gasteiger charge is 2.47. The Hall–Kier alpha value is -1.79. The Kier molecular flexibility index (Phi) is 33.1. The number of hydrogen-bond acceptors (Lipinski definition) is 14. The summed E-state index contributed by atoms with van der Waals surface area (Å²) in [4.78, 5) is 13.0. The maximum Gasteiger partial charge on any atom is 0.306 e. The van der Waals surface area contributed by atoms with Crippen molar-refractivity contribution in [1.82, 2.24) is 0 Å². The van der Waals surface area contributed by atoms with Crippen LogP contribution < -0.4 is 0 Å². The molecule has 2 aliphatic heterocycles. The van der Waals surface area contributed by atoms with Gasteiger partial charge in [0.2, 0.25) is 0 Å². The highest BCUT2D eigenvalue weighted by Crippen LogP contribution is 2.26. The number of rotatable bonds is 37. The van der Waals surface area contributed by atoms with Gasteiger partial charge in [0.1, 0.15) is 54.9 Å². The van der Waals surface area contributed by atoms with Crippen LogP contribution in [-0.2, 0) is 33.2 Å². The van der Waals surface area contributed by atoms with Crippen LogP contribution in [0.25, 0.3) is 0 Å². The topological polar surface area (TPSA) is 214 Å². The first-order chi connectivity index (χ1) is 30.1. The van der Waals surface area contributed by atoms with E-state index in [4.69, 9.17) is 28.4 Å². The van der Waals surface area contributed by atoms with Crippen LogP contribution in [0.5, 0.6) is 0 Å². The number of carbonyl (C=O) groups excluding carboxylic acids is 1. The Morgan fingerprint density at radius 3 is 1.65 bits per heavy atom. The van der Waals surface area contributed by atoms with Crippen molar-refractivity contribution in [2.45, 2.75) is 229 Å². The number of allylic oxidation sites excluding steroid dienone is 6. The lowest BCUT2D eigenvalue weighted by molar-refractivity contribution is -0.332. The number of unbranched alkanes of at least 4 members (excludes halogenated alkanes) is 17. The van der Waals surface area contributed by atoms with E-state index in [1.54, 1.807) is 0 Å². The third kappa shape index (κ3) is 24.5. The second-order valence-corrected chi connectivity index (χ2v) is 16.9. The SMILES string of the molecule is CC/C=C\C/C=C\C/C=C\CCCCCCOCC(COC1OC(COC2OC(CO)C(O)C(O)C2O)C(O)C(O)C1O)OC(=O)CCCCCCCCCCCCCCCC. The molecule has 0 aliphatic carbocycles. The van der Waals surface area contributed by atoms with E-state index in [0.717, 1.165) is 70.6 Å². The fourth-order valence-electron chi connectivity index (χ4n) is 7.47. The molecule has 362 valence electrons. The molecule has 11 atom stereocenters. The van der Waals surface area contributed by atoms with Gasteiger partial charge in [-0.2, -0.15) is 0 Å². The highest BCUT2D eigenvalue weighted by atomic mass is 16.7. The lowest BCUT2D eigenvalue weighted by Gasteiger charge is -2.42. The van der Waals surface area contributed by atoms with Crippen LogP contribution in [0, 0.1) is 0 Å². The monoisotopic (exact) mass is 887 g/mol. The summed E-state index contributed by atoms with van der Waals surface area (Å²) in [6.07, 6.45) is 22.1. The van der Waals surface area contributed by atoms with Crippen molar-refractivity contribution in [2.75, 3.05) is 33.0 Å². The molecule has 0 spiro atoms. The third-order valence-corrected chi connectivity index (χ3v) is 11.4. The lowest BCUT2D eigenvalue weighted by Crippen LogP contribution is -2.61. The Bertz CT molecular complexity index is 1170. The summed E-state index contributed by atoms with van der Waals surface area (Å²) in [6, 6.07) is 0. The van der Waals surface area contributed by atoms with E-state index in [1.807, 2.05) is 0 Å². The van der Waals surface area contributed by atoms with Crippen molar-refractivity contribution in [3.05, 3.63) is 36.5 Å². The van der Waals surface area contributed by atoms with Crippen LogP contribution >= 0.6 is 0 Å². The van der Waals surface area contributed by atoms with E-state index >= 15 is 0 Å². The first kappa shape index (κ1) is 56.3. The minimum absolute atomic E-state index is 0.0482. The van der Waals surface area contributed by atoms with E-state index in [-0.39, 0.29) is 25.6 Å². The third-order valence-electron chi connectivity index (χ3n) is 11.4. The van der Waals surface area contributed by atoms with E-state index in [1.165, 1.54) is 64.2 Å². The Labute approximate surface area is 372 Å². The molecule has 62 heavy (non-hydrogen) atoms. The van der Waals surface area contributed by atoms with Gasteiger partial charge in [0.05, 0.1) is 26.4 Å². The van der Waals surface area contributed by atoms with Crippen molar-refractivity contribution < 1.29 is 69.0 Å². The Morgan fingerprint density at radius 1 is 0.548 bits per heavy atom. The normalized spacial score (nSPS) is 27.5. The largest absolute Gasteiger partial charge is 0.457 e. The molecule has 11 unspecified atom stereocenters. The van der Waals surface area contributed by atoms with E-state index in [2.05, 4.69) is 50.3 Å². The van der Waals surface area contributed by atoms with Crippen molar-refractivity contribution in [3.63, 3.8) is 0 Å². The van der Waals surface area contributed by atoms with Gasteiger partial charge in [0.15, 0.2) is 12.6 Å². The molecule has 0 aromatic heterocycles. The molecule has 2 heterocycles. The van der Waals surface area contributed by atoms with Crippen molar-refractivity contribution in [1.29, 1.82) is 0 Å².